The summed E-state index contributed by atoms with van der Waals surface area (Å²) >= 11 is 0. The maximum atomic E-state index is 5.05. The summed E-state index contributed by atoms with van der Waals surface area (Å²) in [5.41, 5.74) is 9.90. The van der Waals surface area contributed by atoms with Crippen LogP contribution in [0.2, 0.25) is 0 Å². The molecule has 0 fully saturated rings. The second kappa shape index (κ2) is 13.7. The maximum Gasteiger partial charge on any atom is 0.164 e. The highest BCUT2D eigenvalue weighted by atomic mass is 15.0. The first kappa shape index (κ1) is 30.9. The van der Waals surface area contributed by atoms with Crippen LogP contribution in [0, 0.1) is 0 Å². The monoisotopic (exact) mass is 665 g/mol. The predicted molar refractivity (Wildman–Crippen MR) is 211 cm³/mol. The van der Waals surface area contributed by atoms with Gasteiger partial charge in [-0.3, -0.25) is 0 Å². The number of fused-ring (bicyclic) bond motifs is 1. The minimum atomic E-state index is 0.634. The summed E-state index contributed by atoms with van der Waals surface area (Å²) in [6.07, 6.45) is 0. The Bertz CT molecular complexity index is 2530. The predicted octanol–water partition coefficient (Wildman–Crippen LogP) is 11.5. The average Bonchev–Trinajstić information content (AvgIpc) is 3.24. The Morgan fingerprint density at radius 3 is 1.04 bits per heavy atom. The van der Waals surface area contributed by atoms with Crippen molar-refractivity contribution in [2.75, 3.05) is 0 Å². The Morgan fingerprint density at radius 2 is 0.558 bits per heavy atom. The smallest absolute Gasteiger partial charge is 0.164 e. The van der Waals surface area contributed by atoms with E-state index in [1.54, 1.807) is 0 Å². The van der Waals surface area contributed by atoms with Gasteiger partial charge in [0, 0.05) is 33.4 Å². The van der Waals surface area contributed by atoms with E-state index in [0.29, 0.717) is 23.3 Å². The first-order valence-electron chi connectivity index (χ1n) is 17.3. The Balaban J connectivity index is 1.07. The zero-order valence-corrected chi connectivity index (χ0v) is 28.1. The minimum Gasteiger partial charge on any atom is -0.228 e. The molecule has 52 heavy (non-hydrogen) atoms. The van der Waals surface area contributed by atoms with E-state index in [1.165, 1.54) is 0 Å². The summed E-state index contributed by atoms with van der Waals surface area (Å²) in [5.74, 6) is 2.62. The molecule has 5 heteroatoms. The van der Waals surface area contributed by atoms with Crippen molar-refractivity contribution < 1.29 is 0 Å². The van der Waals surface area contributed by atoms with Gasteiger partial charge in [-0.25, -0.2) is 24.9 Å². The normalized spacial score (nSPS) is 11.1. The summed E-state index contributed by atoms with van der Waals surface area (Å²) < 4.78 is 0. The summed E-state index contributed by atoms with van der Waals surface area (Å²) in [7, 11) is 0. The highest BCUT2D eigenvalue weighted by Gasteiger charge is 2.14. The van der Waals surface area contributed by atoms with Gasteiger partial charge in [-0.15, -0.1) is 0 Å². The minimum absolute atomic E-state index is 0.634. The molecular formula is C47H31N5. The lowest BCUT2D eigenvalue weighted by atomic mass is 9.98. The van der Waals surface area contributed by atoms with Gasteiger partial charge < -0.3 is 0 Å². The Kier molecular flexibility index (Phi) is 8.12. The molecule has 0 saturated carbocycles. The molecule has 0 N–H and O–H groups in total. The largest absolute Gasteiger partial charge is 0.228 e. The molecule has 0 unspecified atom stereocenters. The van der Waals surface area contributed by atoms with Gasteiger partial charge in [0.25, 0.3) is 0 Å². The number of hydrogen-bond acceptors (Lipinski definition) is 5. The molecule has 0 atom stereocenters. The summed E-state index contributed by atoms with van der Waals surface area (Å²) in [4.78, 5) is 24.7. The second-order valence-corrected chi connectivity index (χ2v) is 12.6. The molecule has 9 rings (SSSR count). The van der Waals surface area contributed by atoms with E-state index in [0.717, 1.165) is 66.7 Å². The van der Waals surface area contributed by atoms with Gasteiger partial charge in [-0.2, -0.15) is 0 Å². The van der Waals surface area contributed by atoms with Gasteiger partial charge >= 0.3 is 0 Å². The van der Waals surface area contributed by atoms with Gasteiger partial charge in [-0.1, -0.05) is 170 Å². The molecule has 7 aromatic carbocycles. The van der Waals surface area contributed by atoms with Crippen molar-refractivity contribution in [1.82, 2.24) is 24.9 Å². The SMILES string of the molecule is c1ccc(-c2cc(-c3ccccc3)nc(-c3ccc4ccc(-c5ccc(-c6nc(-c7ccccc7)nc(-c7ccccc7)n6)cc5)cc4c3)n2)cc1. The molecular weight excluding hydrogens is 635 g/mol. The van der Waals surface area contributed by atoms with E-state index >= 15 is 0 Å². The fourth-order valence-electron chi connectivity index (χ4n) is 6.40. The standard InChI is InChI=1S/C47H31N5/c1-5-13-34(14-6-1)42-31-43(35-15-7-2-8-16-35)49-47(48-42)40-28-24-33-23-27-39(29-41(33)30-40)32-21-25-38(26-22-32)46-51-44(36-17-9-3-10-18-36)50-45(52-46)37-19-11-4-12-20-37/h1-31H. The van der Waals surface area contributed by atoms with Gasteiger partial charge in [0.15, 0.2) is 23.3 Å². The highest BCUT2D eigenvalue weighted by molar-refractivity contribution is 5.91. The van der Waals surface area contributed by atoms with Crippen LogP contribution in [0.15, 0.2) is 188 Å². The number of nitrogens with zero attached hydrogens (tertiary/aromatic N) is 5. The van der Waals surface area contributed by atoms with Crippen molar-refractivity contribution in [2.45, 2.75) is 0 Å². The third-order valence-electron chi connectivity index (χ3n) is 9.14. The van der Waals surface area contributed by atoms with Crippen LogP contribution in [0.3, 0.4) is 0 Å². The topological polar surface area (TPSA) is 64.5 Å². The van der Waals surface area contributed by atoms with E-state index < -0.39 is 0 Å². The molecule has 0 aliphatic heterocycles. The molecule has 0 spiro atoms. The molecule has 2 aromatic heterocycles. The van der Waals surface area contributed by atoms with Crippen LogP contribution in [0.5, 0.6) is 0 Å². The summed E-state index contributed by atoms with van der Waals surface area (Å²) in [5, 5.41) is 2.27. The highest BCUT2D eigenvalue weighted by Crippen LogP contribution is 2.32. The molecule has 2 heterocycles. The molecule has 9 aromatic rings. The lowest BCUT2D eigenvalue weighted by molar-refractivity contribution is 1.07. The molecule has 0 aliphatic rings. The van der Waals surface area contributed by atoms with Gasteiger partial charge in [0.05, 0.1) is 11.4 Å². The average molecular weight is 666 g/mol. The van der Waals surface area contributed by atoms with Crippen molar-refractivity contribution in [3.8, 4) is 79.2 Å². The zero-order chi connectivity index (χ0) is 34.7. The van der Waals surface area contributed by atoms with Crippen molar-refractivity contribution in [3.05, 3.63) is 188 Å². The van der Waals surface area contributed by atoms with Crippen LogP contribution in [0.25, 0.3) is 90.0 Å². The fourth-order valence-corrected chi connectivity index (χ4v) is 6.40. The first-order chi connectivity index (χ1) is 25.7. The molecule has 5 nitrogen and oxygen atoms in total. The first-order valence-corrected chi connectivity index (χ1v) is 17.3. The van der Waals surface area contributed by atoms with Crippen LogP contribution < -0.4 is 0 Å². The molecule has 244 valence electrons. The zero-order valence-electron chi connectivity index (χ0n) is 28.1. The quantitative estimate of drug-likeness (QED) is 0.169. The number of benzene rings is 7. The molecule has 0 aliphatic carbocycles. The van der Waals surface area contributed by atoms with Crippen molar-refractivity contribution >= 4 is 10.8 Å². The van der Waals surface area contributed by atoms with Gasteiger partial charge in [0.2, 0.25) is 0 Å². The van der Waals surface area contributed by atoms with Crippen LogP contribution >= 0.6 is 0 Å². The Morgan fingerprint density at radius 1 is 0.212 bits per heavy atom. The molecule has 0 saturated heterocycles. The van der Waals surface area contributed by atoms with Crippen LogP contribution in [-0.4, -0.2) is 24.9 Å². The Labute approximate surface area is 302 Å². The second-order valence-electron chi connectivity index (χ2n) is 12.6. The van der Waals surface area contributed by atoms with Crippen LogP contribution in [0.1, 0.15) is 0 Å². The Hall–Kier alpha value is -7.11. The van der Waals surface area contributed by atoms with E-state index in [4.69, 9.17) is 24.9 Å². The van der Waals surface area contributed by atoms with Gasteiger partial charge in [0.1, 0.15) is 0 Å². The molecule has 0 amide bonds. The van der Waals surface area contributed by atoms with Gasteiger partial charge in [-0.05, 0) is 40.1 Å². The van der Waals surface area contributed by atoms with Crippen LogP contribution in [-0.2, 0) is 0 Å². The van der Waals surface area contributed by atoms with Crippen molar-refractivity contribution in [2.24, 2.45) is 0 Å². The summed E-state index contributed by atoms with van der Waals surface area (Å²) in [6.45, 7) is 0. The van der Waals surface area contributed by atoms with E-state index in [2.05, 4.69) is 91.0 Å². The van der Waals surface area contributed by atoms with E-state index in [1.807, 2.05) is 97.1 Å². The lowest BCUT2D eigenvalue weighted by Gasteiger charge is -2.11. The lowest BCUT2D eigenvalue weighted by Crippen LogP contribution is -2.00. The van der Waals surface area contributed by atoms with E-state index in [-0.39, 0.29) is 0 Å². The molecule has 0 radical (unpaired) electrons. The third kappa shape index (κ3) is 6.35. The number of aromatic nitrogens is 5. The number of rotatable bonds is 7. The third-order valence-corrected chi connectivity index (χ3v) is 9.14. The molecule has 0 bridgehead atoms. The summed E-state index contributed by atoms with van der Waals surface area (Å²) in [6, 6.07) is 64.2. The van der Waals surface area contributed by atoms with E-state index in [9.17, 15) is 0 Å². The number of hydrogen-bond donors (Lipinski definition) is 0. The fraction of sp³-hybridized carbons (Fsp3) is 0. The van der Waals surface area contributed by atoms with Crippen molar-refractivity contribution in [3.63, 3.8) is 0 Å². The van der Waals surface area contributed by atoms with Crippen molar-refractivity contribution in [1.29, 1.82) is 0 Å². The van der Waals surface area contributed by atoms with Crippen LogP contribution in [0.4, 0.5) is 0 Å². The maximum absolute atomic E-state index is 5.05.